The molecule has 0 spiro atoms. The molecule has 4 nitrogen and oxygen atoms in total. The van der Waals surface area contributed by atoms with Crippen LogP contribution in [0.1, 0.15) is 0 Å². The fourth-order valence-electron chi connectivity index (χ4n) is 0.303. The maximum atomic E-state index is 9.92. The summed E-state index contributed by atoms with van der Waals surface area (Å²) in [6, 6.07) is 0. The molecule has 1 aliphatic rings. The van der Waals surface area contributed by atoms with E-state index >= 15 is 0 Å². The molecule has 1 rings (SSSR count). The van der Waals surface area contributed by atoms with E-state index in [0.717, 1.165) is 12.2 Å². The Labute approximate surface area is 83.5 Å². The van der Waals surface area contributed by atoms with Gasteiger partial charge in [0.2, 0.25) is 0 Å². The van der Waals surface area contributed by atoms with Crippen LogP contribution in [-0.2, 0) is 53.9 Å². The van der Waals surface area contributed by atoms with Crippen LogP contribution in [0.3, 0.4) is 0 Å². The molecule has 10 heavy (non-hydrogen) atoms. The van der Waals surface area contributed by atoms with E-state index in [-0.39, 0.29) is 45.1 Å². The summed E-state index contributed by atoms with van der Waals surface area (Å²) in [7, 11) is 0. The van der Waals surface area contributed by atoms with Gasteiger partial charge in [-0.05, 0) is 0 Å². The van der Waals surface area contributed by atoms with Crippen molar-refractivity contribution in [3.05, 3.63) is 12.2 Å². The molecule has 0 amide bonds. The molecule has 0 aromatic rings. The maximum Gasteiger partial charge on any atom is 0.338 e. The van der Waals surface area contributed by atoms with Crippen LogP contribution < -0.4 is 0 Å². The van der Waals surface area contributed by atoms with E-state index in [4.69, 9.17) is 0 Å². The van der Waals surface area contributed by atoms with Crippen LogP contribution >= 0.6 is 0 Å². The first-order valence-electron chi connectivity index (χ1n) is 1.73. The first-order valence-corrected chi connectivity index (χ1v) is 1.73. The molecule has 1 aliphatic heterocycles. The smallest absolute Gasteiger partial charge is 0.338 e. The molecule has 1 heterocycles. The van der Waals surface area contributed by atoms with E-state index in [1.807, 2.05) is 0 Å². The van der Waals surface area contributed by atoms with Crippen molar-refractivity contribution >= 4 is 11.9 Å². The third-order valence-electron chi connectivity index (χ3n) is 0.557. The zero-order valence-corrected chi connectivity index (χ0v) is 8.14. The Hall–Kier alpha value is 0.113. The first kappa shape index (κ1) is 16.6. The summed E-state index contributed by atoms with van der Waals surface area (Å²) in [5, 5.41) is 0. The van der Waals surface area contributed by atoms with Gasteiger partial charge in [0.1, 0.15) is 0 Å². The molecule has 0 aliphatic carbocycles. The topological polar surface area (TPSA) is 74.9 Å². The molecule has 2 N–H and O–H groups in total. The fourth-order valence-corrected chi connectivity index (χ4v) is 0.303. The molecule has 0 aromatic carbocycles. The van der Waals surface area contributed by atoms with Gasteiger partial charge in [-0.15, -0.1) is 0 Å². The van der Waals surface area contributed by atoms with E-state index in [1.165, 1.54) is 0 Å². The summed E-state index contributed by atoms with van der Waals surface area (Å²) in [6.07, 6.45) is 2.17. The molecule has 0 atom stereocenters. The monoisotopic (exact) mass is 265 g/mol. The van der Waals surface area contributed by atoms with Crippen LogP contribution in [0.4, 0.5) is 0 Å². The number of hydrogen-bond acceptors (Lipinski definition) is 3. The molecule has 0 bridgehead atoms. The quantitative estimate of drug-likeness (QED) is 0.313. The van der Waals surface area contributed by atoms with Gasteiger partial charge < -0.3 is 10.2 Å². The molecule has 0 fully saturated rings. The maximum absolute atomic E-state index is 9.92. The second kappa shape index (κ2) is 7.22. The fraction of sp³-hybridized carbons (Fsp3) is 0. The van der Waals surface area contributed by atoms with E-state index < -0.39 is 11.9 Å². The van der Waals surface area contributed by atoms with Gasteiger partial charge >= 0.3 is 11.9 Å². The Kier molecular flexibility index (Phi) is 12.0. The zero-order chi connectivity index (χ0) is 5.28. The van der Waals surface area contributed by atoms with E-state index in [1.54, 1.807) is 0 Å². The average Bonchev–Trinajstić information content (AvgIpc) is 1.87. The number of rotatable bonds is 0. The minimum absolute atomic E-state index is 0. The summed E-state index contributed by atoms with van der Waals surface area (Å²) in [5.74, 6) is -1.16. The Morgan fingerprint density at radius 2 is 1.40 bits per heavy atom. The molecule has 0 unspecified atom stereocenters. The number of cyclic esters (lactones) is 2. The molecule has 0 saturated heterocycles. The SMILES string of the molecule is O.O=C1C=CC(=O)O1.[Mo].[V]. The van der Waals surface area contributed by atoms with Gasteiger partial charge in [-0.1, -0.05) is 0 Å². The molecule has 0 aromatic heterocycles. The number of esters is 2. The first-order chi connectivity index (χ1) is 3.29. The van der Waals surface area contributed by atoms with Crippen LogP contribution in [0.5, 0.6) is 0 Å². The van der Waals surface area contributed by atoms with Crippen molar-refractivity contribution < 1.29 is 59.4 Å². The van der Waals surface area contributed by atoms with Crippen molar-refractivity contribution in [3.8, 4) is 0 Å². The van der Waals surface area contributed by atoms with Gasteiger partial charge in [0.05, 0.1) is 0 Å². The Balaban J connectivity index is -0.000000163. The summed E-state index contributed by atoms with van der Waals surface area (Å²) in [5.41, 5.74) is 0. The van der Waals surface area contributed by atoms with Crippen molar-refractivity contribution in [1.29, 1.82) is 0 Å². The minimum Gasteiger partial charge on any atom is -0.412 e. The summed E-state index contributed by atoms with van der Waals surface area (Å²) in [6.45, 7) is 0. The molecular weight excluding hydrogens is 259 g/mol. The molecule has 55 valence electrons. The third-order valence-corrected chi connectivity index (χ3v) is 0.557. The zero-order valence-electron chi connectivity index (χ0n) is 4.73. The number of carbonyl (C=O) groups excluding carboxylic acids is 2. The average molecular weight is 263 g/mol. The van der Waals surface area contributed by atoms with Crippen molar-refractivity contribution in [2.75, 3.05) is 0 Å². The van der Waals surface area contributed by atoms with Crippen LogP contribution in [-0.4, -0.2) is 17.4 Å². The van der Waals surface area contributed by atoms with Crippen molar-refractivity contribution in [2.45, 2.75) is 0 Å². The normalized spacial score (nSPS) is 12.4. The predicted molar refractivity (Wildman–Crippen MR) is 23.9 cm³/mol. The minimum atomic E-state index is -0.579. The van der Waals surface area contributed by atoms with Crippen LogP contribution in [0.15, 0.2) is 12.2 Å². The van der Waals surface area contributed by atoms with Crippen LogP contribution in [0.25, 0.3) is 0 Å². The van der Waals surface area contributed by atoms with Gasteiger partial charge in [0, 0.05) is 51.8 Å². The Morgan fingerprint density at radius 3 is 1.50 bits per heavy atom. The number of carbonyl (C=O) groups is 2. The Bertz CT molecular complexity index is 139. The predicted octanol–water partition coefficient (Wildman–Crippen LogP) is -1.20. The van der Waals surface area contributed by atoms with Crippen molar-refractivity contribution in [2.24, 2.45) is 0 Å². The van der Waals surface area contributed by atoms with Gasteiger partial charge in [0.25, 0.3) is 0 Å². The van der Waals surface area contributed by atoms with Crippen molar-refractivity contribution in [1.82, 2.24) is 0 Å². The molecular formula is C4H4MoO4V. The largest absolute Gasteiger partial charge is 0.412 e. The van der Waals surface area contributed by atoms with E-state index in [9.17, 15) is 9.59 Å². The van der Waals surface area contributed by atoms with E-state index in [2.05, 4.69) is 4.74 Å². The second-order valence-electron chi connectivity index (χ2n) is 1.07. The Morgan fingerprint density at radius 1 is 1.10 bits per heavy atom. The second-order valence-corrected chi connectivity index (χ2v) is 1.07. The summed E-state index contributed by atoms with van der Waals surface area (Å²) < 4.78 is 3.97. The van der Waals surface area contributed by atoms with Crippen LogP contribution in [0, 0.1) is 0 Å². The molecule has 6 heteroatoms. The number of ether oxygens (including phenoxy) is 1. The molecule has 1 radical (unpaired) electrons. The van der Waals surface area contributed by atoms with Gasteiger partial charge in [-0.3, -0.25) is 0 Å². The third kappa shape index (κ3) is 4.94. The molecule has 0 saturated carbocycles. The summed E-state index contributed by atoms with van der Waals surface area (Å²) >= 11 is 0. The van der Waals surface area contributed by atoms with Crippen LogP contribution in [0.2, 0.25) is 0 Å². The van der Waals surface area contributed by atoms with Crippen molar-refractivity contribution in [3.63, 3.8) is 0 Å². The number of hydrogen-bond donors (Lipinski definition) is 0. The van der Waals surface area contributed by atoms with Gasteiger partial charge in [-0.2, -0.15) is 0 Å². The van der Waals surface area contributed by atoms with E-state index in [0.29, 0.717) is 0 Å². The standard InChI is InChI=1S/C4H2O3.Mo.H2O.V/c5-3-1-2-4(6)7-3;;;/h1-2H;;1H2;. The van der Waals surface area contributed by atoms with Gasteiger partial charge in [0.15, 0.2) is 0 Å². The van der Waals surface area contributed by atoms with Gasteiger partial charge in [-0.25, -0.2) is 9.59 Å². The summed E-state index contributed by atoms with van der Waals surface area (Å²) in [4.78, 5) is 19.8.